The molecular weight excluding hydrogens is 204 g/mol. The molecule has 0 spiro atoms. The van der Waals surface area contributed by atoms with Gasteiger partial charge in [0.2, 0.25) is 0 Å². The first-order valence-corrected chi connectivity index (χ1v) is 6.48. The summed E-state index contributed by atoms with van der Waals surface area (Å²) in [6.07, 6.45) is 4.16. The maximum absolute atomic E-state index is 12.2. The summed E-state index contributed by atoms with van der Waals surface area (Å²) in [6.45, 7) is 3.73. The second-order valence-corrected chi connectivity index (χ2v) is 5.18. The maximum Gasteiger partial charge on any atom is 0.251 e. The molecule has 0 bridgehead atoms. The van der Waals surface area contributed by atoms with E-state index < -0.39 is 0 Å². The minimum Gasteiger partial charge on any atom is -0.368 e. The molecule has 1 N–H and O–H groups in total. The van der Waals surface area contributed by atoms with Crippen molar-refractivity contribution in [2.24, 2.45) is 5.92 Å². The second-order valence-electron chi connectivity index (χ2n) is 5.18. The number of nitrogens with zero attached hydrogens (tertiary/aromatic N) is 1. The van der Waals surface area contributed by atoms with Gasteiger partial charge in [0.1, 0.15) is 6.10 Å². The van der Waals surface area contributed by atoms with E-state index in [1.165, 1.54) is 6.42 Å². The highest BCUT2D eigenvalue weighted by molar-refractivity contribution is 5.81. The van der Waals surface area contributed by atoms with Crippen LogP contribution >= 0.6 is 0 Å². The number of carbonyl (C=O) groups excluding carboxylic acids is 1. The van der Waals surface area contributed by atoms with Crippen LogP contribution < -0.4 is 5.32 Å². The Hall–Kier alpha value is -0.610. The number of rotatable bonds is 1. The van der Waals surface area contributed by atoms with Gasteiger partial charge in [0.25, 0.3) is 5.91 Å². The van der Waals surface area contributed by atoms with Crippen molar-refractivity contribution in [3.05, 3.63) is 0 Å². The number of amides is 1. The zero-order valence-corrected chi connectivity index (χ0v) is 9.65. The molecule has 2 unspecified atom stereocenters. The van der Waals surface area contributed by atoms with Gasteiger partial charge in [-0.05, 0) is 38.1 Å². The molecule has 0 aromatic heterocycles. The zero-order chi connectivity index (χ0) is 11.0. The molecule has 3 heterocycles. The quantitative estimate of drug-likeness (QED) is 0.700. The van der Waals surface area contributed by atoms with E-state index in [0.717, 1.165) is 45.5 Å². The molecule has 90 valence electrons. The number of hydrogen-bond donors (Lipinski definition) is 1. The summed E-state index contributed by atoms with van der Waals surface area (Å²) < 4.78 is 5.47. The molecule has 16 heavy (non-hydrogen) atoms. The predicted molar refractivity (Wildman–Crippen MR) is 60.1 cm³/mol. The van der Waals surface area contributed by atoms with Crippen LogP contribution in [0.15, 0.2) is 0 Å². The first kappa shape index (κ1) is 10.5. The van der Waals surface area contributed by atoms with Gasteiger partial charge in [-0.3, -0.25) is 4.79 Å². The maximum atomic E-state index is 12.2. The topological polar surface area (TPSA) is 41.6 Å². The summed E-state index contributed by atoms with van der Waals surface area (Å²) in [5.74, 6) is 0.918. The van der Waals surface area contributed by atoms with E-state index >= 15 is 0 Å². The molecule has 3 rings (SSSR count). The molecular formula is C12H20N2O2. The molecule has 0 aliphatic carbocycles. The largest absolute Gasteiger partial charge is 0.368 e. The van der Waals surface area contributed by atoms with Gasteiger partial charge in [0, 0.05) is 25.7 Å². The van der Waals surface area contributed by atoms with Gasteiger partial charge in [-0.1, -0.05) is 0 Å². The molecule has 0 aromatic rings. The minimum atomic E-state index is -0.133. The van der Waals surface area contributed by atoms with Crippen LogP contribution in [0.1, 0.15) is 25.7 Å². The Bertz CT molecular complexity index is 276. The normalized spacial score (nSPS) is 38.8. The second kappa shape index (κ2) is 4.34. The lowest BCUT2D eigenvalue weighted by atomic mass is 9.93. The molecule has 0 radical (unpaired) electrons. The molecule has 3 aliphatic heterocycles. The Labute approximate surface area is 96.3 Å². The molecule has 3 saturated heterocycles. The van der Waals surface area contributed by atoms with Crippen molar-refractivity contribution in [3.8, 4) is 0 Å². The van der Waals surface area contributed by atoms with Crippen LogP contribution in [0.4, 0.5) is 0 Å². The van der Waals surface area contributed by atoms with E-state index in [0.29, 0.717) is 12.0 Å². The van der Waals surface area contributed by atoms with E-state index in [9.17, 15) is 4.79 Å². The Morgan fingerprint density at radius 2 is 2.25 bits per heavy atom. The van der Waals surface area contributed by atoms with Crippen molar-refractivity contribution in [2.45, 2.75) is 37.8 Å². The molecule has 4 nitrogen and oxygen atoms in total. The average Bonchev–Trinajstić information content (AvgIpc) is 2.98. The average molecular weight is 224 g/mol. The fourth-order valence-electron chi connectivity index (χ4n) is 3.22. The van der Waals surface area contributed by atoms with Crippen molar-refractivity contribution in [3.63, 3.8) is 0 Å². The Balaban J connectivity index is 1.60. The van der Waals surface area contributed by atoms with Crippen molar-refractivity contribution in [1.82, 2.24) is 10.2 Å². The first-order chi connectivity index (χ1) is 7.84. The van der Waals surface area contributed by atoms with Gasteiger partial charge >= 0.3 is 0 Å². The van der Waals surface area contributed by atoms with Gasteiger partial charge in [-0.25, -0.2) is 0 Å². The third kappa shape index (κ3) is 1.84. The van der Waals surface area contributed by atoms with E-state index in [1.54, 1.807) is 0 Å². The van der Waals surface area contributed by atoms with E-state index in [4.69, 9.17) is 4.74 Å². The molecule has 3 atom stereocenters. The molecule has 3 fully saturated rings. The lowest BCUT2D eigenvalue weighted by Crippen LogP contribution is -2.49. The highest BCUT2D eigenvalue weighted by atomic mass is 16.5. The van der Waals surface area contributed by atoms with Gasteiger partial charge in [0.05, 0.1) is 0 Å². The summed E-state index contributed by atoms with van der Waals surface area (Å²) in [6, 6.07) is 0.661. The van der Waals surface area contributed by atoms with Gasteiger partial charge < -0.3 is 15.0 Å². The summed E-state index contributed by atoms with van der Waals surface area (Å²) in [5.41, 5.74) is 0. The van der Waals surface area contributed by atoms with E-state index in [-0.39, 0.29) is 12.0 Å². The number of carbonyl (C=O) groups is 1. The first-order valence-electron chi connectivity index (χ1n) is 6.48. The van der Waals surface area contributed by atoms with E-state index in [1.807, 2.05) is 4.90 Å². The molecule has 1 amide bonds. The van der Waals surface area contributed by atoms with E-state index in [2.05, 4.69) is 5.32 Å². The molecule has 0 saturated carbocycles. The van der Waals surface area contributed by atoms with Crippen molar-refractivity contribution in [2.75, 3.05) is 26.2 Å². The van der Waals surface area contributed by atoms with Crippen LogP contribution in [0, 0.1) is 5.92 Å². The Morgan fingerprint density at radius 1 is 1.31 bits per heavy atom. The fraction of sp³-hybridized carbons (Fsp3) is 0.917. The number of nitrogens with one attached hydrogen (secondary N) is 1. The van der Waals surface area contributed by atoms with Crippen LogP contribution in [0.3, 0.4) is 0 Å². The highest BCUT2D eigenvalue weighted by Gasteiger charge is 2.37. The van der Waals surface area contributed by atoms with Gasteiger partial charge in [0.15, 0.2) is 0 Å². The van der Waals surface area contributed by atoms with Gasteiger partial charge in [-0.2, -0.15) is 0 Å². The Morgan fingerprint density at radius 3 is 3.06 bits per heavy atom. The number of piperidine rings is 1. The lowest BCUT2D eigenvalue weighted by molar-refractivity contribution is -0.142. The van der Waals surface area contributed by atoms with Crippen molar-refractivity contribution in [1.29, 1.82) is 0 Å². The summed E-state index contributed by atoms with van der Waals surface area (Å²) in [4.78, 5) is 14.2. The van der Waals surface area contributed by atoms with Crippen LogP contribution in [0.5, 0.6) is 0 Å². The lowest BCUT2D eigenvalue weighted by Gasteiger charge is -2.35. The fourth-order valence-corrected chi connectivity index (χ4v) is 3.22. The minimum absolute atomic E-state index is 0.133. The monoisotopic (exact) mass is 224 g/mol. The van der Waals surface area contributed by atoms with Crippen LogP contribution in [-0.2, 0) is 9.53 Å². The van der Waals surface area contributed by atoms with Crippen LogP contribution in [0.2, 0.25) is 0 Å². The number of hydrogen-bond acceptors (Lipinski definition) is 3. The third-order valence-electron chi connectivity index (χ3n) is 4.17. The number of ether oxygens (including phenoxy) is 1. The van der Waals surface area contributed by atoms with Crippen molar-refractivity contribution >= 4 is 5.91 Å². The SMILES string of the molecule is O=C([C@H]1CCCO1)N1CCC2NCCC2C1. The van der Waals surface area contributed by atoms with Crippen LogP contribution in [0.25, 0.3) is 0 Å². The summed E-state index contributed by atoms with van der Waals surface area (Å²) in [5, 5.41) is 3.52. The predicted octanol–water partition coefficient (Wildman–Crippen LogP) is 0.376. The van der Waals surface area contributed by atoms with Gasteiger partial charge in [-0.15, -0.1) is 0 Å². The summed E-state index contributed by atoms with van der Waals surface area (Å²) >= 11 is 0. The number of fused-ring (bicyclic) bond motifs is 1. The Kier molecular flexibility index (Phi) is 2.86. The molecule has 4 heteroatoms. The zero-order valence-electron chi connectivity index (χ0n) is 9.65. The third-order valence-corrected chi connectivity index (χ3v) is 4.17. The van der Waals surface area contributed by atoms with Crippen LogP contribution in [-0.4, -0.2) is 49.2 Å². The standard InChI is InChI=1S/C12H20N2O2/c15-12(11-2-1-7-16-11)14-6-4-10-9(8-14)3-5-13-10/h9-11,13H,1-8H2/t9?,10?,11-/m1/s1. The smallest absolute Gasteiger partial charge is 0.251 e. The molecule has 3 aliphatic rings. The number of likely N-dealkylation sites (tertiary alicyclic amines) is 1. The highest BCUT2D eigenvalue weighted by Crippen LogP contribution is 2.26. The van der Waals surface area contributed by atoms with Crippen molar-refractivity contribution < 1.29 is 9.53 Å². The summed E-state index contributed by atoms with van der Waals surface area (Å²) in [7, 11) is 0. The molecule has 0 aromatic carbocycles.